The van der Waals surface area contributed by atoms with Gasteiger partial charge < -0.3 is 10.2 Å². The highest BCUT2D eigenvalue weighted by Crippen LogP contribution is 2.33. The van der Waals surface area contributed by atoms with Gasteiger partial charge in [-0.25, -0.2) is 0 Å². The number of rotatable bonds is 3. The zero-order chi connectivity index (χ0) is 14.0. The van der Waals surface area contributed by atoms with Crippen LogP contribution in [-0.4, -0.2) is 34.8 Å². The molecule has 0 aromatic rings. The number of carbonyl (C=O) groups excluding carboxylic acids is 2. The molecule has 1 spiro atoms. The lowest BCUT2D eigenvalue weighted by Gasteiger charge is -2.47. The van der Waals surface area contributed by atoms with Gasteiger partial charge in [-0.1, -0.05) is 39.5 Å². The molecule has 2 atom stereocenters. The van der Waals surface area contributed by atoms with Crippen molar-refractivity contribution in [2.45, 2.75) is 70.9 Å². The number of piperazine rings is 1. The Bertz CT molecular complexity index is 361. The SMILES string of the molecule is CCC(C)C(C)N1CC(=O)NC2(CCCCC2)C1=O. The average Bonchev–Trinajstić information content (AvgIpc) is 2.42. The van der Waals surface area contributed by atoms with E-state index in [1.165, 1.54) is 6.42 Å². The van der Waals surface area contributed by atoms with Crippen molar-refractivity contribution in [3.63, 3.8) is 0 Å². The summed E-state index contributed by atoms with van der Waals surface area (Å²) >= 11 is 0. The van der Waals surface area contributed by atoms with Crippen molar-refractivity contribution in [3.05, 3.63) is 0 Å². The quantitative estimate of drug-likeness (QED) is 0.850. The van der Waals surface area contributed by atoms with E-state index in [1.54, 1.807) is 0 Å². The van der Waals surface area contributed by atoms with Gasteiger partial charge in [0.25, 0.3) is 0 Å². The highest BCUT2D eigenvalue weighted by atomic mass is 16.2. The predicted octanol–water partition coefficient (Wildman–Crippen LogP) is 2.08. The molecule has 1 saturated heterocycles. The third kappa shape index (κ3) is 2.63. The van der Waals surface area contributed by atoms with Crippen LogP contribution < -0.4 is 5.32 Å². The van der Waals surface area contributed by atoms with Gasteiger partial charge in [-0.05, 0) is 25.7 Å². The van der Waals surface area contributed by atoms with Gasteiger partial charge in [0.05, 0.1) is 6.54 Å². The van der Waals surface area contributed by atoms with Gasteiger partial charge >= 0.3 is 0 Å². The van der Waals surface area contributed by atoms with Crippen LogP contribution in [-0.2, 0) is 9.59 Å². The molecule has 0 aromatic heterocycles. The molecular weight excluding hydrogens is 240 g/mol. The zero-order valence-electron chi connectivity index (χ0n) is 12.4. The zero-order valence-corrected chi connectivity index (χ0v) is 12.4. The first-order valence-electron chi connectivity index (χ1n) is 7.62. The van der Waals surface area contributed by atoms with Crippen LogP contribution >= 0.6 is 0 Å². The van der Waals surface area contributed by atoms with E-state index in [9.17, 15) is 9.59 Å². The molecule has 1 N–H and O–H groups in total. The fourth-order valence-electron chi connectivity index (χ4n) is 3.33. The van der Waals surface area contributed by atoms with Gasteiger partial charge in [0.2, 0.25) is 11.8 Å². The maximum Gasteiger partial charge on any atom is 0.249 e. The van der Waals surface area contributed by atoms with Crippen molar-refractivity contribution >= 4 is 11.8 Å². The Hall–Kier alpha value is -1.06. The highest BCUT2D eigenvalue weighted by Gasteiger charge is 2.48. The molecule has 4 nitrogen and oxygen atoms in total. The van der Waals surface area contributed by atoms with Gasteiger partial charge in [-0.15, -0.1) is 0 Å². The van der Waals surface area contributed by atoms with Crippen LogP contribution in [0.15, 0.2) is 0 Å². The number of hydrogen-bond donors (Lipinski definition) is 1. The minimum atomic E-state index is -0.588. The summed E-state index contributed by atoms with van der Waals surface area (Å²) in [6.45, 7) is 6.58. The monoisotopic (exact) mass is 266 g/mol. The summed E-state index contributed by atoms with van der Waals surface area (Å²) in [5, 5.41) is 2.99. The minimum Gasteiger partial charge on any atom is -0.340 e. The summed E-state index contributed by atoms with van der Waals surface area (Å²) in [6.07, 6.45) is 5.89. The van der Waals surface area contributed by atoms with Crippen molar-refractivity contribution in [1.29, 1.82) is 0 Å². The van der Waals surface area contributed by atoms with Gasteiger partial charge in [-0.3, -0.25) is 9.59 Å². The molecule has 108 valence electrons. The van der Waals surface area contributed by atoms with Crippen LogP contribution in [0.4, 0.5) is 0 Å². The number of amides is 2. The lowest BCUT2D eigenvalue weighted by Crippen LogP contribution is -2.69. The van der Waals surface area contributed by atoms with E-state index in [0.29, 0.717) is 5.92 Å². The fraction of sp³-hybridized carbons (Fsp3) is 0.867. The molecule has 1 aliphatic heterocycles. The molecule has 2 amide bonds. The number of nitrogens with one attached hydrogen (secondary N) is 1. The summed E-state index contributed by atoms with van der Waals surface area (Å²) < 4.78 is 0. The van der Waals surface area contributed by atoms with Crippen LogP contribution in [0.2, 0.25) is 0 Å². The van der Waals surface area contributed by atoms with Crippen LogP contribution in [0, 0.1) is 5.92 Å². The Kier molecular flexibility index (Phi) is 4.16. The topological polar surface area (TPSA) is 49.4 Å². The van der Waals surface area contributed by atoms with Gasteiger partial charge in [0.15, 0.2) is 0 Å². The first-order valence-corrected chi connectivity index (χ1v) is 7.62. The van der Waals surface area contributed by atoms with Crippen molar-refractivity contribution in [2.75, 3.05) is 6.54 Å². The second kappa shape index (κ2) is 5.51. The van der Waals surface area contributed by atoms with E-state index in [0.717, 1.165) is 32.1 Å². The number of nitrogens with zero attached hydrogens (tertiary/aromatic N) is 1. The average molecular weight is 266 g/mol. The molecular formula is C15H26N2O2. The van der Waals surface area contributed by atoms with Gasteiger partial charge in [-0.2, -0.15) is 0 Å². The molecule has 2 unspecified atom stereocenters. The van der Waals surface area contributed by atoms with Crippen molar-refractivity contribution in [2.24, 2.45) is 5.92 Å². The van der Waals surface area contributed by atoms with Gasteiger partial charge in [0.1, 0.15) is 5.54 Å². The van der Waals surface area contributed by atoms with E-state index in [4.69, 9.17) is 0 Å². The molecule has 0 bridgehead atoms. The largest absolute Gasteiger partial charge is 0.340 e. The second-order valence-corrected chi connectivity index (χ2v) is 6.25. The van der Waals surface area contributed by atoms with Crippen LogP contribution in [0.25, 0.3) is 0 Å². The third-order valence-corrected chi connectivity index (χ3v) is 5.03. The minimum absolute atomic E-state index is 0.0108. The summed E-state index contributed by atoms with van der Waals surface area (Å²) in [5.41, 5.74) is -0.588. The van der Waals surface area contributed by atoms with E-state index < -0.39 is 5.54 Å². The molecule has 2 aliphatic rings. The number of hydrogen-bond acceptors (Lipinski definition) is 2. The molecule has 0 radical (unpaired) electrons. The molecule has 2 rings (SSSR count). The normalized spacial score (nSPS) is 26.2. The second-order valence-electron chi connectivity index (χ2n) is 6.25. The van der Waals surface area contributed by atoms with E-state index in [-0.39, 0.29) is 24.4 Å². The Morgan fingerprint density at radius 1 is 1.21 bits per heavy atom. The van der Waals surface area contributed by atoms with Crippen molar-refractivity contribution < 1.29 is 9.59 Å². The predicted molar refractivity (Wildman–Crippen MR) is 74.6 cm³/mol. The summed E-state index contributed by atoms with van der Waals surface area (Å²) in [5.74, 6) is 0.590. The lowest BCUT2D eigenvalue weighted by atomic mass is 9.78. The standard InChI is InChI=1S/C15H26N2O2/c1-4-11(2)12(3)17-10-13(18)16-15(14(17)19)8-6-5-7-9-15/h11-12H,4-10H2,1-3H3,(H,16,18). The Labute approximate surface area is 115 Å². The Morgan fingerprint density at radius 2 is 1.84 bits per heavy atom. The van der Waals surface area contributed by atoms with Crippen molar-refractivity contribution in [3.8, 4) is 0 Å². The highest BCUT2D eigenvalue weighted by molar-refractivity contribution is 5.98. The summed E-state index contributed by atoms with van der Waals surface area (Å²) in [7, 11) is 0. The molecule has 1 saturated carbocycles. The first-order chi connectivity index (χ1) is 9.00. The Morgan fingerprint density at radius 3 is 2.42 bits per heavy atom. The maximum atomic E-state index is 12.8. The molecule has 1 aliphatic carbocycles. The van der Waals surface area contributed by atoms with Crippen LogP contribution in [0.5, 0.6) is 0 Å². The maximum absolute atomic E-state index is 12.8. The number of carbonyl (C=O) groups is 2. The van der Waals surface area contributed by atoms with Gasteiger partial charge in [0, 0.05) is 6.04 Å². The molecule has 2 fully saturated rings. The Balaban J connectivity index is 2.20. The first kappa shape index (κ1) is 14.4. The van der Waals surface area contributed by atoms with E-state index >= 15 is 0 Å². The fourth-order valence-corrected chi connectivity index (χ4v) is 3.33. The van der Waals surface area contributed by atoms with Crippen LogP contribution in [0.1, 0.15) is 59.3 Å². The molecule has 19 heavy (non-hydrogen) atoms. The van der Waals surface area contributed by atoms with E-state index in [2.05, 4.69) is 26.1 Å². The molecule has 1 heterocycles. The smallest absolute Gasteiger partial charge is 0.249 e. The summed E-state index contributed by atoms with van der Waals surface area (Å²) in [6, 6.07) is 0.141. The lowest BCUT2D eigenvalue weighted by molar-refractivity contribution is -0.154. The van der Waals surface area contributed by atoms with Crippen LogP contribution in [0.3, 0.4) is 0 Å². The summed E-state index contributed by atoms with van der Waals surface area (Å²) in [4.78, 5) is 26.6. The molecule has 4 heteroatoms. The van der Waals surface area contributed by atoms with Crippen molar-refractivity contribution in [1.82, 2.24) is 10.2 Å². The third-order valence-electron chi connectivity index (χ3n) is 5.03. The molecule has 0 aromatic carbocycles. The van der Waals surface area contributed by atoms with E-state index in [1.807, 2.05) is 4.90 Å².